The van der Waals surface area contributed by atoms with Gasteiger partial charge in [-0.05, 0) is 47.0 Å². The second-order valence-corrected chi connectivity index (χ2v) is 9.59. The fourth-order valence-corrected chi connectivity index (χ4v) is 5.06. The average Bonchev–Trinajstić information content (AvgIpc) is 3.01. The molecular weight excluding hydrogens is 537 g/mol. The Hall–Kier alpha value is -6.06. The van der Waals surface area contributed by atoms with E-state index in [-0.39, 0.29) is 17.0 Å². The maximum Gasteiger partial charge on any atom is 0.169 e. The largest absolute Gasteiger partial charge is 0.394 e. The van der Waals surface area contributed by atoms with Crippen molar-refractivity contribution in [3.05, 3.63) is 113 Å². The van der Waals surface area contributed by atoms with Gasteiger partial charge in [-0.3, -0.25) is 10.8 Å². The van der Waals surface area contributed by atoms with Gasteiger partial charge in [0.25, 0.3) is 0 Å². The second-order valence-electron chi connectivity index (χ2n) is 9.59. The summed E-state index contributed by atoms with van der Waals surface area (Å²) in [6.07, 6.45) is 3.22. The molecule has 0 spiro atoms. The van der Waals surface area contributed by atoms with Crippen molar-refractivity contribution in [1.29, 1.82) is 21.3 Å². The molecule has 5 aromatic rings. The van der Waals surface area contributed by atoms with Crippen LogP contribution in [0.1, 0.15) is 22.3 Å². The van der Waals surface area contributed by atoms with Crippen molar-refractivity contribution >= 4 is 34.1 Å². The van der Waals surface area contributed by atoms with Crippen LogP contribution in [-0.4, -0.2) is 16.4 Å². The molecule has 6 nitrogen and oxygen atoms in total. The molecule has 0 amide bonds. The van der Waals surface area contributed by atoms with Crippen molar-refractivity contribution in [3.63, 3.8) is 0 Å². The Balaban J connectivity index is 1.53. The van der Waals surface area contributed by atoms with Crippen LogP contribution in [0.25, 0.3) is 50.5 Å². The van der Waals surface area contributed by atoms with Crippen molar-refractivity contribution in [2.24, 2.45) is 0 Å². The molecule has 1 heterocycles. The van der Waals surface area contributed by atoms with E-state index in [1.165, 1.54) is 24.3 Å². The normalized spacial score (nSPS) is 12.2. The Morgan fingerprint density at radius 3 is 2.00 bits per heavy atom. The van der Waals surface area contributed by atoms with Gasteiger partial charge in [0.1, 0.15) is 17.3 Å². The monoisotopic (exact) mass is 554 g/mol. The minimum atomic E-state index is -1.44. The summed E-state index contributed by atoms with van der Waals surface area (Å²) in [5, 5.41) is 35.9. The number of fused-ring (bicyclic) bond motifs is 3. The highest BCUT2D eigenvalue weighted by Crippen LogP contribution is 2.38. The zero-order valence-corrected chi connectivity index (χ0v) is 21.6. The Morgan fingerprint density at radius 2 is 1.33 bits per heavy atom. The second kappa shape index (κ2) is 9.84. The van der Waals surface area contributed by atoms with Gasteiger partial charge in [0.2, 0.25) is 0 Å². The molecule has 9 heteroatoms. The van der Waals surface area contributed by atoms with Crippen LogP contribution in [0, 0.1) is 50.9 Å². The van der Waals surface area contributed by atoms with E-state index >= 15 is 0 Å². The van der Waals surface area contributed by atoms with Crippen molar-refractivity contribution in [2.45, 2.75) is 0 Å². The number of hydrogen-bond acceptors (Lipinski definition) is 6. The molecule has 1 aliphatic carbocycles. The highest BCUT2D eigenvalue weighted by molar-refractivity contribution is 6.54. The number of hydrogen-bond donors (Lipinski definition) is 3. The molecule has 0 atom stereocenters. The lowest BCUT2D eigenvalue weighted by Gasteiger charge is -2.19. The van der Waals surface area contributed by atoms with Crippen LogP contribution >= 0.6 is 0 Å². The maximum absolute atomic E-state index is 14.9. The third-order valence-corrected chi connectivity index (χ3v) is 7.22. The van der Waals surface area contributed by atoms with Crippen LogP contribution in [0.5, 0.6) is 0 Å². The van der Waals surface area contributed by atoms with Gasteiger partial charge in [-0.25, -0.2) is 18.2 Å². The van der Waals surface area contributed by atoms with Gasteiger partial charge in [-0.2, -0.15) is 10.5 Å². The number of aromatic nitrogens is 1. The minimum Gasteiger partial charge on any atom is -0.394 e. The summed E-state index contributed by atoms with van der Waals surface area (Å²) >= 11 is 0. The first-order valence-corrected chi connectivity index (χ1v) is 12.5. The lowest BCUT2D eigenvalue weighted by Crippen LogP contribution is -2.17. The smallest absolute Gasteiger partial charge is 0.169 e. The predicted octanol–water partition coefficient (Wildman–Crippen LogP) is 7.39. The number of anilines is 1. The molecule has 1 aromatic heterocycles. The quantitative estimate of drug-likeness (QED) is 0.200. The van der Waals surface area contributed by atoms with Gasteiger partial charge in [0.15, 0.2) is 17.5 Å². The molecule has 4 aromatic carbocycles. The minimum absolute atomic E-state index is 0.0267. The molecule has 42 heavy (non-hydrogen) atoms. The number of pyridine rings is 1. The van der Waals surface area contributed by atoms with E-state index in [4.69, 9.17) is 32.1 Å². The molecular formula is C33H17F3N6. The standard InChI is InChI=1S/C33H17F3N6/c34-28-23(15-38)29(35)32(41)30(36)26(28)18-5-7-19(8-6-18)33-22-11-12-24(39)31(40)27(22)21-10-9-20(13-25(21)42-33)17-3-1-16(14-37)2-4-17/h1-13,39-40H,41H2. The molecule has 0 bridgehead atoms. The van der Waals surface area contributed by atoms with Gasteiger partial charge in [0, 0.05) is 22.1 Å². The van der Waals surface area contributed by atoms with Crippen LogP contribution in [-0.2, 0) is 0 Å². The van der Waals surface area contributed by atoms with Gasteiger partial charge in [0.05, 0.1) is 39.8 Å². The fraction of sp³-hybridized carbons (Fsp3) is 0. The number of allylic oxidation sites excluding steroid dienone is 1. The summed E-state index contributed by atoms with van der Waals surface area (Å²) in [6, 6.07) is 22.2. The first-order chi connectivity index (χ1) is 20.2. The van der Waals surface area contributed by atoms with E-state index in [2.05, 4.69) is 6.07 Å². The summed E-state index contributed by atoms with van der Waals surface area (Å²) in [5.74, 6) is -4.09. The molecule has 6 rings (SSSR count). The molecule has 0 unspecified atom stereocenters. The van der Waals surface area contributed by atoms with Crippen LogP contribution in [0.15, 0.2) is 72.8 Å². The number of nitriles is 2. The average molecular weight is 555 g/mol. The zero-order chi connectivity index (χ0) is 29.7. The fourth-order valence-electron chi connectivity index (χ4n) is 5.06. The van der Waals surface area contributed by atoms with E-state index < -0.39 is 34.3 Å². The third kappa shape index (κ3) is 4.00. The van der Waals surface area contributed by atoms with Crippen molar-refractivity contribution in [3.8, 4) is 45.6 Å². The zero-order valence-electron chi connectivity index (χ0n) is 21.6. The first-order valence-electron chi connectivity index (χ1n) is 12.5. The van der Waals surface area contributed by atoms with Crippen LogP contribution in [0.4, 0.5) is 18.9 Å². The summed E-state index contributed by atoms with van der Waals surface area (Å²) in [6.45, 7) is 0. The Morgan fingerprint density at radius 1 is 0.690 bits per heavy atom. The number of nitrogens with one attached hydrogen (secondary N) is 2. The summed E-state index contributed by atoms with van der Waals surface area (Å²) in [7, 11) is 0. The van der Waals surface area contributed by atoms with E-state index in [1.807, 2.05) is 30.3 Å². The molecule has 0 saturated heterocycles. The summed E-state index contributed by atoms with van der Waals surface area (Å²) in [4.78, 5) is 4.90. The summed E-state index contributed by atoms with van der Waals surface area (Å²) in [5.41, 5.74) is 8.01. The lowest BCUT2D eigenvalue weighted by molar-refractivity contribution is 0.549. The summed E-state index contributed by atoms with van der Waals surface area (Å²) < 4.78 is 43.9. The van der Waals surface area contributed by atoms with E-state index in [0.29, 0.717) is 38.9 Å². The van der Waals surface area contributed by atoms with Gasteiger partial charge >= 0.3 is 0 Å². The molecule has 1 aliphatic rings. The number of nitrogens with two attached hydrogens (primary N) is 1. The predicted molar refractivity (Wildman–Crippen MR) is 155 cm³/mol. The molecule has 0 fully saturated rings. The Bertz CT molecular complexity index is 2120. The Kier molecular flexibility index (Phi) is 6.14. The van der Waals surface area contributed by atoms with Crippen molar-refractivity contribution < 1.29 is 13.2 Å². The number of rotatable bonds is 3. The molecule has 200 valence electrons. The highest BCUT2D eigenvalue weighted by Gasteiger charge is 2.26. The SMILES string of the molecule is N#Cc1ccc(-c2ccc3c4c(c(-c5ccc(-c6c(F)c(N)c(F)c(C#N)c6F)cc5)nc3c2)C=CC(=N)C4=N)cc1. The molecule has 0 saturated carbocycles. The van der Waals surface area contributed by atoms with Gasteiger partial charge in [-0.15, -0.1) is 0 Å². The van der Waals surface area contributed by atoms with Gasteiger partial charge < -0.3 is 5.73 Å². The number of nitrogen functional groups attached to an aromatic ring is 1. The topological polar surface area (TPSA) is 134 Å². The number of halogens is 3. The van der Waals surface area contributed by atoms with E-state index in [9.17, 15) is 13.2 Å². The highest BCUT2D eigenvalue weighted by atomic mass is 19.1. The van der Waals surface area contributed by atoms with Crippen LogP contribution in [0.2, 0.25) is 0 Å². The number of benzene rings is 4. The van der Waals surface area contributed by atoms with E-state index in [1.54, 1.807) is 30.3 Å². The third-order valence-electron chi connectivity index (χ3n) is 7.22. The lowest BCUT2D eigenvalue weighted by atomic mass is 9.87. The van der Waals surface area contributed by atoms with Gasteiger partial charge in [-0.1, -0.05) is 48.5 Å². The maximum atomic E-state index is 14.9. The van der Waals surface area contributed by atoms with E-state index in [0.717, 1.165) is 11.1 Å². The van der Waals surface area contributed by atoms with Crippen LogP contribution in [0.3, 0.4) is 0 Å². The van der Waals surface area contributed by atoms with Crippen LogP contribution < -0.4 is 5.73 Å². The van der Waals surface area contributed by atoms with Crippen molar-refractivity contribution in [2.75, 3.05) is 5.73 Å². The molecule has 0 aliphatic heterocycles. The Labute approximate surface area is 237 Å². The molecule has 0 radical (unpaired) electrons. The van der Waals surface area contributed by atoms with Crippen molar-refractivity contribution in [1.82, 2.24) is 4.98 Å². The molecule has 4 N–H and O–H groups in total. The number of nitrogens with zero attached hydrogens (tertiary/aromatic N) is 3. The first kappa shape index (κ1) is 26.2.